The van der Waals surface area contributed by atoms with Crippen molar-refractivity contribution < 1.29 is 9.18 Å². The number of nitrogens with zero attached hydrogens (tertiary/aromatic N) is 1. The minimum atomic E-state index is -0.337. The van der Waals surface area contributed by atoms with E-state index in [1.807, 2.05) is 13.8 Å². The molecule has 0 spiro atoms. The number of amides is 1. The Morgan fingerprint density at radius 3 is 2.90 bits per heavy atom. The zero-order valence-electron chi connectivity index (χ0n) is 11.7. The topological polar surface area (TPSA) is 42.0 Å². The Kier molecular flexibility index (Phi) is 3.16. The van der Waals surface area contributed by atoms with Crippen molar-refractivity contribution >= 4 is 16.8 Å². The fourth-order valence-corrected chi connectivity index (χ4v) is 2.83. The number of hydrogen-bond acceptors (Lipinski definition) is 2. The maximum Gasteiger partial charge on any atom is 0.252 e. The molecule has 20 heavy (non-hydrogen) atoms. The molecule has 0 radical (unpaired) electrons. The fourth-order valence-electron chi connectivity index (χ4n) is 2.83. The van der Waals surface area contributed by atoms with E-state index in [-0.39, 0.29) is 17.8 Å². The number of pyridine rings is 1. The number of carbonyl (C=O) groups excluding carboxylic acids is 1. The normalized spacial score (nSPS) is 13.8. The molecule has 1 N–H and O–H groups in total. The molecule has 4 heteroatoms. The number of aromatic nitrogens is 1. The van der Waals surface area contributed by atoms with Crippen LogP contribution in [0.25, 0.3) is 10.9 Å². The zero-order chi connectivity index (χ0) is 14.3. The summed E-state index contributed by atoms with van der Waals surface area (Å²) in [6.07, 6.45) is 2.74. The smallest absolute Gasteiger partial charge is 0.252 e. The molecular weight excluding hydrogens is 255 g/mol. The molecule has 1 aromatic heterocycles. The van der Waals surface area contributed by atoms with Crippen molar-refractivity contribution in [2.45, 2.75) is 39.2 Å². The van der Waals surface area contributed by atoms with E-state index in [2.05, 4.69) is 10.3 Å². The SMILES string of the molecule is CC(C)NC(=O)c1c2c(nc3ccc(F)cc13)CCC2. The minimum absolute atomic E-state index is 0.0522. The van der Waals surface area contributed by atoms with Crippen LogP contribution >= 0.6 is 0 Å². The highest BCUT2D eigenvalue weighted by Crippen LogP contribution is 2.30. The van der Waals surface area contributed by atoms with Crippen LogP contribution in [0.3, 0.4) is 0 Å². The molecule has 104 valence electrons. The molecule has 0 bridgehead atoms. The average Bonchev–Trinajstić information content (AvgIpc) is 2.82. The van der Waals surface area contributed by atoms with E-state index in [1.54, 1.807) is 6.07 Å². The molecule has 0 unspecified atom stereocenters. The lowest BCUT2D eigenvalue weighted by Crippen LogP contribution is -2.31. The number of rotatable bonds is 2. The first-order chi connectivity index (χ1) is 9.56. The molecule has 0 saturated carbocycles. The monoisotopic (exact) mass is 272 g/mol. The third-order valence-corrected chi connectivity index (χ3v) is 3.62. The average molecular weight is 272 g/mol. The van der Waals surface area contributed by atoms with Gasteiger partial charge in [-0.25, -0.2) is 4.39 Å². The molecule has 1 aromatic carbocycles. The van der Waals surface area contributed by atoms with E-state index in [0.717, 1.165) is 30.5 Å². The Labute approximate surface area is 117 Å². The van der Waals surface area contributed by atoms with Crippen LogP contribution in [0.2, 0.25) is 0 Å². The van der Waals surface area contributed by atoms with Gasteiger partial charge in [0.15, 0.2) is 0 Å². The van der Waals surface area contributed by atoms with E-state index >= 15 is 0 Å². The maximum atomic E-state index is 13.5. The van der Waals surface area contributed by atoms with E-state index < -0.39 is 0 Å². The first kappa shape index (κ1) is 13.0. The Morgan fingerprint density at radius 2 is 2.15 bits per heavy atom. The summed E-state index contributed by atoms with van der Waals surface area (Å²) in [5.41, 5.74) is 3.27. The van der Waals surface area contributed by atoms with Crippen LogP contribution in [-0.4, -0.2) is 16.9 Å². The second-order valence-electron chi connectivity index (χ2n) is 5.56. The van der Waals surface area contributed by atoms with Gasteiger partial charge >= 0.3 is 0 Å². The van der Waals surface area contributed by atoms with Crippen molar-refractivity contribution in [2.24, 2.45) is 0 Å². The predicted octanol–water partition coefficient (Wildman–Crippen LogP) is 3.00. The number of aryl methyl sites for hydroxylation is 1. The summed E-state index contributed by atoms with van der Waals surface area (Å²) in [6, 6.07) is 4.50. The van der Waals surface area contributed by atoms with Gasteiger partial charge in [-0.1, -0.05) is 0 Å². The summed E-state index contributed by atoms with van der Waals surface area (Å²) >= 11 is 0. The molecule has 0 saturated heterocycles. The van der Waals surface area contributed by atoms with Crippen LogP contribution in [0.4, 0.5) is 4.39 Å². The second-order valence-corrected chi connectivity index (χ2v) is 5.56. The highest BCUT2D eigenvalue weighted by atomic mass is 19.1. The largest absolute Gasteiger partial charge is 0.350 e. The zero-order valence-corrected chi connectivity index (χ0v) is 11.7. The van der Waals surface area contributed by atoms with Gasteiger partial charge in [0.2, 0.25) is 0 Å². The molecule has 0 atom stereocenters. The van der Waals surface area contributed by atoms with Crippen LogP contribution in [0.5, 0.6) is 0 Å². The van der Waals surface area contributed by atoms with Crippen LogP contribution in [0.15, 0.2) is 18.2 Å². The maximum absolute atomic E-state index is 13.5. The van der Waals surface area contributed by atoms with Gasteiger partial charge in [-0.05, 0) is 56.9 Å². The summed E-state index contributed by atoms with van der Waals surface area (Å²) in [6.45, 7) is 3.84. The van der Waals surface area contributed by atoms with Crippen molar-refractivity contribution in [1.82, 2.24) is 10.3 Å². The van der Waals surface area contributed by atoms with Gasteiger partial charge in [-0.2, -0.15) is 0 Å². The van der Waals surface area contributed by atoms with E-state index in [9.17, 15) is 9.18 Å². The number of hydrogen-bond donors (Lipinski definition) is 1. The highest BCUT2D eigenvalue weighted by molar-refractivity contribution is 6.08. The van der Waals surface area contributed by atoms with Gasteiger partial charge in [0.1, 0.15) is 5.82 Å². The Hall–Kier alpha value is -1.97. The van der Waals surface area contributed by atoms with E-state index in [4.69, 9.17) is 0 Å². The van der Waals surface area contributed by atoms with Crippen LogP contribution in [0.1, 0.15) is 41.9 Å². The minimum Gasteiger partial charge on any atom is -0.350 e. The molecule has 3 nitrogen and oxygen atoms in total. The van der Waals surface area contributed by atoms with Gasteiger partial charge in [-0.3, -0.25) is 9.78 Å². The molecule has 2 aromatic rings. The second kappa shape index (κ2) is 4.85. The van der Waals surface area contributed by atoms with Gasteiger partial charge in [0.25, 0.3) is 5.91 Å². The lowest BCUT2D eigenvalue weighted by molar-refractivity contribution is 0.0944. The van der Waals surface area contributed by atoms with Crippen molar-refractivity contribution in [3.63, 3.8) is 0 Å². The third kappa shape index (κ3) is 2.15. The quantitative estimate of drug-likeness (QED) is 0.913. The summed E-state index contributed by atoms with van der Waals surface area (Å²) in [4.78, 5) is 17.1. The summed E-state index contributed by atoms with van der Waals surface area (Å²) in [5.74, 6) is -0.466. The number of halogens is 1. The Morgan fingerprint density at radius 1 is 1.35 bits per heavy atom. The van der Waals surface area contributed by atoms with Crippen molar-refractivity contribution in [3.8, 4) is 0 Å². The standard InChI is InChI=1S/C16H17FN2O/c1-9(2)18-16(20)15-11-4-3-5-13(11)19-14-7-6-10(17)8-12(14)15/h6-9H,3-5H2,1-2H3,(H,18,20). The lowest BCUT2D eigenvalue weighted by atomic mass is 10.00. The Balaban J connectivity index is 2.26. The summed E-state index contributed by atoms with van der Waals surface area (Å²) in [5, 5.41) is 3.53. The Bertz CT molecular complexity index is 694. The molecule has 0 fully saturated rings. The predicted molar refractivity (Wildman–Crippen MR) is 76.3 cm³/mol. The highest BCUT2D eigenvalue weighted by Gasteiger charge is 2.24. The number of carbonyl (C=O) groups is 1. The molecule has 1 aliphatic carbocycles. The first-order valence-electron chi connectivity index (χ1n) is 6.98. The van der Waals surface area contributed by atoms with Gasteiger partial charge in [0.05, 0.1) is 11.1 Å². The van der Waals surface area contributed by atoms with Gasteiger partial charge in [-0.15, -0.1) is 0 Å². The van der Waals surface area contributed by atoms with Gasteiger partial charge in [0, 0.05) is 17.1 Å². The van der Waals surface area contributed by atoms with Crippen LogP contribution < -0.4 is 5.32 Å². The number of fused-ring (bicyclic) bond motifs is 2. The van der Waals surface area contributed by atoms with Crippen LogP contribution in [0, 0.1) is 5.82 Å². The third-order valence-electron chi connectivity index (χ3n) is 3.62. The number of benzene rings is 1. The van der Waals surface area contributed by atoms with E-state index in [0.29, 0.717) is 16.5 Å². The fraction of sp³-hybridized carbons (Fsp3) is 0.375. The molecule has 1 amide bonds. The first-order valence-corrected chi connectivity index (χ1v) is 6.98. The van der Waals surface area contributed by atoms with Crippen LogP contribution in [-0.2, 0) is 12.8 Å². The molecular formula is C16H17FN2O. The molecule has 1 heterocycles. The number of nitrogens with one attached hydrogen (secondary N) is 1. The van der Waals surface area contributed by atoms with Crippen molar-refractivity contribution in [1.29, 1.82) is 0 Å². The van der Waals surface area contributed by atoms with E-state index in [1.165, 1.54) is 12.1 Å². The lowest BCUT2D eigenvalue weighted by Gasteiger charge is -2.14. The molecule has 3 rings (SSSR count). The van der Waals surface area contributed by atoms with Crippen molar-refractivity contribution in [3.05, 3.63) is 40.8 Å². The summed E-state index contributed by atoms with van der Waals surface area (Å²) < 4.78 is 13.5. The molecule has 0 aliphatic heterocycles. The van der Waals surface area contributed by atoms with Gasteiger partial charge < -0.3 is 5.32 Å². The summed E-state index contributed by atoms with van der Waals surface area (Å²) in [7, 11) is 0. The molecule has 1 aliphatic rings. The van der Waals surface area contributed by atoms with Crippen molar-refractivity contribution in [2.75, 3.05) is 0 Å².